The highest BCUT2D eigenvalue weighted by Gasteiger charge is 2.49. The van der Waals surface area contributed by atoms with Gasteiger partial charge in [-0.15, -0.1) is 0 Å². The van der Waals surface area contributed by atoms with Gasteiger partial charge in [0.05, 0.1) is 12.2 Å². The summed E-state index contributed by atoms with van der Waals surface area (Å²) in [6.07, 6.45) is 6.94. The van der Waals surface area contributed by atoms with Crippen LogP contribution >= 0.6 is 0 Å². The molecular weight excluding hydrogens is 332 g/mol. The van der Waals surface area contributed by atoms with Gasteiger partial charge in [0.25, 0.3) is 0 Å². The number of piperidine rings is 1. The molecule has 1 aliphatic carbocycles. The van der Waals surface area contributed by atoms with Gasteiger partial charge in [-0.1, -0.05) is 12.8 Å². The average Bonchev–Trinajstić information content (AvgIpc) is 2.93. The molecule has 1 saturated carbocycles. The quantitative estimate of drug-likeness (QED) is 0.809. The zero-order valence-corrected chi connectivity index (χ0v) is 14.9. The van der Waals surface area contributed by atoms with Gasteiger partial charge < -0.3 is 10.0 Å². The summed E-state index contributed by atoms with van der Waals surface area (Å²) in [5, 5.41) is 9.56. The van der Waals surface area contributed by atoms with E-state index in [4.69, 9.17) is 0 Å². The maximum Gasteiger partial charge on any atom is 0.326 e. The molecule has 2 aliphatic heterocycles. The largest absolute Gasteiger partial charge is 0.480 e. The Morgan fingerprint density at radius 3 is 2.46 bits per heavy atom. The van der Waals surface area contributed by atoms with Gasteiger partial charge in [-0.05, 0) is 38.0 Å². The van der Waals surface area contributed by atoms with E-state index in [0.29, 0.717) is 25.8 Å². The number of likely N-dealkylation sites (tertiary alicyclic amines) is 1. The molecule has 1 N–H and O–H groups in total. The van der Waals surface area contributed by atoms with Gasteiger partial charge in [-0.3, -0.25) is 4.79 Å². The first kappa shape index (κ1) is 17.7. The van der Waals surface area contributed by atoms with Crippen LogP contribution in [-0.2, 0) is 19.6 Å². The summed E-state index contributed by atoms with van der Waals surface area (Å²) >= 11 is 0. The van der Waals surface area contributed by atoms with Gasteiger partial charge in [0.1, 0.15) is 6.04 Å². The molecule has 3 rings (SSSR count). The molecule has 8 heteroatoms. The molecule has 0 radical (unpaired) electrons. The van der Waals surface area contributed by atoms with E-state index < -0.39 is 28.0 Å². The fourth-order valence-corrected chi connectivity index (χ4v) is 5.57. The molecular formula is C16H26N2O5S. The Kier molecular flexibility index (Phi) is 4.88. The molecule has 4 atom stereocenters. The van der Waals surface area contributed by atoms with Crippen molar-refractivity contribution >= 4 is 21.9 Å². The van der Waals surface area contributed by atoms with E-state index in [1.54, 1.807) is 4.90 Å². The third kappa shape index (κ3) is 3.31. The number of carbonyl (C=O) groups excluding carboxylic acids is 1. The fourth-order valence-electron chi connectivity index (χ4n) is 4.65. The van der Waals surface area contributed by atoms with E-state index in [2.05, 4.69) is 0 Å². The Balaban J connectivity index is 1.80. The Hall–Kier alpha value is -1.15. The molecule has 0 aromatic carbocycles. The summed E-state index contributed by atoms with van der Waals surface area (Å²) in [5.41, 5.74) is 0. The van der Waals surface area contributed by atoms with Gasteiger partial charge in [0.15, 0.2) is 0 Å². The molecule has 2 saturated heterocycles. The molecule has 0 bridgehead atoms. The number of carboxylic acids is 1. The minimum atomic E-state index is -3.32. The third-order valence-electron chi connectivity index (χ3n) is 5.83. The van der Waals surface area contributed by atoms with E-state index in [1.165, 1.54) is 4.31 Å². The second-order valence-electron chi connectivity index (χ2n) is 7.41. The van der Waals surface area contributed by atoms with E-state index in [0.717, 1.165) is 31.9 Å². The summed E-state index contributed by atoms with van der Waals surface area (Å²) in [6.45, 7) is 0.620. The second kappa shape index (κ2) is 6.63. The average molecular weight is 358 g/mol. The number of nitrogens with zero attached hydrogens (tertiary/aromatic N) is 2. The number of carbonyl (C=O) groups is 2. The van der Waals surface area contributed by atoms with Gasteiger partial charge in [0.2, 0.25) is 15.9 Å². The van der Waals surface area contributed by atoms with Crippen molar-refractivity contribution in [2.75, 3.05) is 19.3 Å². The third-order valence-corrected chi connectivity index (χ3v) is 7.10. The molecule has 2 heterocycles. The molecule has 1 amide bonds. The Morgan fingerprint density at radius 2 is 1.79 bits per heavy atom. The number of hydrogen-bond donors (Lipinski definition) is 1. The summed E-state index contributed by atoms with van der Waals surface area (Å²) in [6, 6.07) is -0.736. The van der Waals surface area contributed by atoms with Crippen LogP contribution < -0.4 is 0 Å². The van der Waals surface area contributed by atoms with Crippen molar-refractivity contribution in [3.8, 4) is 0 Å². The lowest BCUT2D eigenvalue weighted by atomic mass is 9.84. The van der Waals surface area contributed by atoms with Crippen LogP contribution in [-0.4, -0.2) is 66.0 Å². The second-order valence-corrected chi connectivity index (χ2v) is 9.39. The molecule has 3 fully saturated rings. The van der Waals surface area contributed by atoms with Crippen molar-refractivity contribution < 1.29 is 23.1 Å². The maximum atomic E-state index is 13.1. The number of fused-ring (bicyclic) bond motifs is 1. The highest BCUT2D eigenvalue weighted by molar-refractivity contribution is 7.88. The predicted octanol–water partition coefficient (Wildman–Crippen LogP) is 0.902. The Morgan fingerprint density at radius 1 is 1.08 bits per heavy atom. The van der Waals surface area contributed by atoms with Crippen LogP contribution in [0.15, 0.2) is 0 Å². The summed E-state index contributed by atoms with van der Waals surface area (Å²) in [4.78, 5) is 26.3. The molecule has 3 aliphatic rings. The first-order valence-corrected chi connectivity index (χ1v) is 10.6. The number of aliphatic carboxylic acids is 1. The van der Waals surface area contributed by atoms with Crippen molar-refractivity contribution in [3.05, 3.63) is 0 Å². The van der Waals surface area contributed by atoms with Crippen molar-refractivity contribution in [2.45, 2.75) is 57.0 Å². The highest BCUT2D eigenvalue weighted by Crippen LogP contribution is 2.41. The minimum absolute atomic E-state index is 0.0148. The number of sulfonamides is 1. The number of hydrogen-bond acceptors (Lipinski definition) is 4. The van der Waals surface area contributed by atoms with Crippen LogP contribution in [0.25, 0.3) is 0 Å². The normalized spacial score (nSPS) is 34.8. The molecule has 0 aromatic heterocycles. The monoisotopic (exact) mass is 358 g/mol. The lowest BCUT2D eigenvalue weighted by Crippen LogP contribution is -2.52. The zero-order valence-electron chi connectivity index (χ0n) is 14.1. The smallest absolute Gasteiger partial charge is 0.326 e. The predicted molar refractivity (Wildman–Crippen MR) is 87.8 cm³/mol. The van der Waals surface area contributed by atoms with E-state index in [9.17, 15) is 23.1 Å². The minimum Gasteiger partial charge on any atom is -0.480 e. The molecule has 0 unspecified atom stereocenters. The van der Waals surface area contributed by atoms with E-state index in [1.807, 2.05) is 0 Å². The first-order valence-electron chi connectivity index (χ1n) is 8.79. The lowest BCUT2D eigenvalue weighted by Gasteiger charge is -2.38. The molecule has 0 aromatic rings. The van der Waals surface area contributed by atoms with Crippen LogP contribution in [0.5, 0.6) is 0 Å². The summed E-state index contributed by atoms with van der Waals surface area (Å²) in [7, 11) is -3.32. The van der Waals surface area contributed by atoms with Crippen LogP contribution in [0.1, 0.15) is 44.9 Å². The molecule has 24 heavy (non-hydrogen) atoms. The van der Waals surface area contributed by atoms with Gasteiger partial charge in [-0.25, -0.2) is 17.5 Å². The molecule has 0 spiro atoms. The number of carboxylic acid groups (broad SMARTS) is 1. The fraction of sp³-hybridized carbons (Fsp3) is 0.875. The van der Waals surface area contributed by atoms with Crippen LogP contribution in [0.2, 0.25) is 0 Å². The van der Waals surface area contributed by atoms with Crippen molar-refractivity contribution in [3.63, 3.8) is 0 Å². The van der Waals surface area contributed by atoms with Gasteiger partial charge >= 0.3 is 5.97 Å². The van der Waals surface area contributed by atoms with Crippen molar-refractivity contribution in [1.29, 1.82) is 0 Å². The van der Waals surface area contributed by atoms with E-state index in [-0.39, 0.29) is 24.4 Å². The number of rotatable bonds is 3. The topological polar surface area (TPSA) is 95.0 Å². The summed E-state index contributed by atoms with van der Waals surface area (Å²) in [5.74, 6) is -1.24. The van der Waals surface area contributed by atoms with Gasteiger partial charge in [-0.2, -0.15) is 0 Å². The number of amides is 1. The Bertz CT molecular complexity index is 620. The van der Waals surface area contributed by atoms with Crippen molar-refractivity contribution in [1.82, 2.24) is 9.21 Å². The van der Waals surface area contributed by atoms with Crippen LogP contribution in [0.4, 0.5) is 0 Å². The van der Waals surface area contributed by atoms with Gasteiger partial charge in [0, 0.05) is 19.1 Å². The maximum absolute atomic E-state index is 13.1. The zero-order chi connectivity index (χ0) is 17.5. The van der Waals surface area contributed by atoms with E-state index >= 15 is 0 Å². The first-order chi connectivity index (χ1) is 11.3. The standard InChI is InChI=1S/C16H26N2O5S/c1-24(22,23)17-8-4-6-12(10-17)15(19)18-13-7-3-2-5-11(13)9-14(18)16(20)21/h11-14H,2-10H2,1H3,(H,20,21)/t11-,12+,13-,14+/m1/s1. The van der Waals surface area contributed by atoms with Crippen LogP contribution in [0, 0.1) is 11.8 Å². The molecule has 136 valence electrons. The molecule has 7 nitrogen and oxygen atoms in total. The highest BCUT2D eigenvalue weighted by atomic mass is 32.2. The van der Waals surface area contributed by atoms with Crippen LogP contribution in [0.3, 0.4) is 0 Å². The lowest BCUT2D eigenvalue weighted by molar-refractivity contribution is -0.152. The van der Waals surface area contributed by atoms with Crippen molar-refractivity contribution in [2.24, 2.45) is 11.8 Å². The summed E-state index contributed by atoms with van der Waals surface area (Å²) < 4.78 is 24.9. The SMILES string of the molecule is CS(=O)(=O)N1CCC[C@H](C(=O)N2[C@@H]3CCCC[C@@H]3C[C@H]2C(=O)O)C1. The Labute approximate surface area is 143 Å².